The minimum atomic E-state index is 0.0571. The zero-order chi connectivity index (χ0) is 73.1. The van der Waals surface area contributed by atoms with Gasteiger partial charge in [-0.1, -0.05) is 338 Å². The number of carbonyl (C=O) groups excluding carboxylic acids is 4. The minimum absolute atomic E-state index is 0.0571. The molecule has 0 bridgehead atoms. The third-order valence-corrected chi connectivity index (χ3v) is 21.6. The van der Waals surface area contributed by atoms with Crippen molar-refractivity contribution in [2.75, 3.05) is 85.8 Å². The van der Waals surface area contributed by atoms with Gasteiger partial charge in [-0.05, 0) is 136 Å². The van der Waals surface area contributed by atoms with E-state index in [9.17, 15) is 19.2 Å². The molecular formula is C89H175N3O8. The summed E-state index contributed by atoms with van der Waals surface area (Å²) in [6, 6.07) is 0. The standard InChI is InChI=1S/C89H175N3O8/c1-10-18-26-50-66-82(62-22-14-5)86(93)97-78-58-46-38-30-34-42-54-70-91(71-55-43-35-31-39-47-59-79-98-87(94)83(63-23-15-6)67-51-27-19-11-2)76-74-90(9)75-77-92(72-56-44-36-32-40-48-60-80-99-88(95)84(64-24-16-7)68-52-28-20-12-3)73-57-45-37-33-41-49-61-81-100-89(96)85(65-25-17-8)69-53-29-21-13-4/h82-85H,10-81H2,1-9H3. The molecule has 0 spiro atoms. The van der Waals surface area contributed by atoms with Crippen LogP contribution in [0.25, 0.3) is 0 Å². The summed E-state index contributed by atoms with van der Waals surface area (Å²) in [4.78, 5) is 60.2. The topological polar surface area (TPSA) is 115 Å². The van der Waals surface area contributed by atoms with E-state index in [1.165, 1.54) is 232 Å². The van der Waals surface area contributed by atoms with Gasteiger partial charge in [-0.15, -0.1) is 0 Å². The average molecular weight is 1420 g/mol. The Hall–Kier alpha value is -2.24. The van der Waals surface area contributed by atoms with Gasteiger partial charge in [0.05, 0.1) is 50.1 Å². The van der Waals surface area contributed by atoms with Gasteiger partial charge < -0.3 is 33.6 Å². The number of likely N-dealkylation sites (N-methyl/N-ethyl adjacent to an activating group) is 1. The molecular weight excluding hydrogens is 1240 g/mol. The SMILES string of the molecule is CCCCCCC(CCCC)C(=O)OCCCCCCCCCN(CCCCCCCCCOC(=O)C(CCCC)CCCCCC)CCN(C)CCN(CCCCCCCCCOC(=O)C(CCCC)CCCCCC)CCCCCCCCCOC(=O)C(CCCC)CCCCCC. The molecule has 0 saturated heterocycles. The number of unbranched alkanes of at least 4 members (excludes halogenated alkanes) is 40. The van der Waals surface area contributed by atoms with Crippen molar-refractivity contribution < 1.29 is 38.1 Å². The van der Waals surface area contributed by atoms with Gasteiger partial charge in [0.2, 0.25) is 0 Å². The van der Waals surface area contributed by atoms with E-state index < -0.39 is 0 Å². The smallest absolute Gasteiger partial charge is 0.308 e. The van der Waals surface area contributed by atoms with Gasteiger partial charge in [-0.3, -0.25) is 19.2 Å². The Labute approximate surface area is 623 Å². The Morgan fingerprint density at radius 1 is 0.200 bits per heavy atom. The second-order valence-electron chi connectivity index (χ2n) is 31.3. The molecule has 0 fully saturated rings. The molecule has 0 aromatic heterocycles. The molecule has 11 nitrogen and oxygen atoms in total. The summed E-state index contributed by atoms with van der Waals surface area (Å²) in [5.41, 5.74) is 0. The third kappa shape index (κ3) is 64.2. The molecule has 0 saturated carbocycles. The van der Waals surface area contributed by atoms with Gasteiger partial charge in [0, 0.05) is 26.2 Å². The first-order valence-electron chi connectivity index (χ1n) is 44.8. The maximum absolute atomic E-state index is 13.0. The van der Waals surface area contributed by atoms with Crippen LogP contribution in [-0.2, 0) is 38.1 Å². The van der Waals surface area contributed by atoms with E-state index in [0.717, 1.165) is 206 Å². The number of hydrogen-bond donors (Lipinski definition) is 0. The van der Waals surface area contributed by atoms with Crippen molar-refractivity contribution in [3.63, 3.8) is 0 Å². The molecule has 4 unspecified atom stereocenters. The van der Waals surface area contributed by atoms with Crippen molar-refractivity contribution in [3.05, 3.63) is 0 Å². The molecule has 0 aliphatic heterocycles. The maximum Gasteiger partial charge on any atom is 0.308 e. The molecule has 11 heteroatoms. The lowest BCUT2D eigenvalue weighted by atomic mass is 9.95. The monoisotopic (exact) mass is 1410 g/mol. The van der Waals surface area contributed by atoms with E-state index in [2.05, 4.69) is 77.1 Å². The summed E-state index contributed by atoms with van der Waals surface area (Å²) < 4.78 is 23.4. The van der Waals surface area contributed by atoms with Crippen LogP contribution in [0.4, 0.5) is 0 Å². The van der Waals surface area contributed by atoms with Crippen LogP contribution in [-0.4, -0.2) is 124 Å². The molecule has 100 heavy (non-hydrogen) atoms. The normalized spacial score (nSPS) is 13.0. The van der Waals surface area contributed by atoms with E-state index in [1.807, 2.05) is 0 Å². The summed E-state index contributed by atoms with van der Waals surface area (Å²) in [6.07, 6.45) is 70.1. The Balaban J connectivity index is 5.46. The zero-order valence-electron chi connectivity index (χ0n) is 68.8. The van der Waals surface area contributed by atoms with Crippen molar-refractivity contribution in [2.45, 2.75) is 441 Å². The van der Waals surface area contributed by atoms with E-state index >= 15 is 0 Å². The molecule has 0 heterocycles. The van der Waals surface area contributed by atoms with Crippen LogP contribution in [0.5, 0.6) is 0 Å². The number of nitrogens with zero attached hydrogens (tertiary/aromatic N) is 3. The molecule has 0 amide bonds. The van der Waals surface area contributed by atoms with E-state index in [1.54, 1.807) is 0 Å². The fraction of sp³-hybridized carbons (Fsp3) is 0.955. The lowest BCUT2D eigenvalue weighted by Gasteiger charge is -2.28. The van der Waals surface area contributed by atoms with Crippen LogP contribution < -0.4 is 0 Å². The molecule has 0 aromatic rings. The van der Waals surface area contributed by atoms with Crippen molar-refractivity contribution in [1.82, 2.24) is 14.7 Å². The predicted octanol–water partition coefficient (Wildman–Crippen LogP) is 25.7. The molecule has 0 N–H and O–H groups in total. The number of rotatable bonds is 82. The van der Waals surface area contributed by atoms with Gasteiger partial charge in [0.15, 0.2) is 0 Å². The molecule has 0 rings (SSSR count). The second kappa shape index (κ2) is 77.8. The average Bonchev–Trinajstić information content (AvgIpc) is 1.30. The van der Waals surface area contributed by atoms with E-state index in [-0.39, 0.29) is 47.5 Å². The lowest BCUT2D eigenvalue weighted by Crippen LogP contribution is -2.39. The first-order chi connectivity index (χ1) is 49.0. The molecule has 0 aliphatic carbocycles. The van der Waals surface area contributed by atoms with Crippen LogP contribution in [0.2, 0.25) is 0 Å². The fourth-order valence-corrected chi connectivity index (χ4v) is 14.4. The molecule has 0 aliphatic rings. The third-order valence-electron chi connectivity index (χ3n) is 21.6. The van der Waals surface area contributed by atoms with Crippen LogP contribution in [0.1, 0.15) is 441 Å². The number of esters is 4. The minimum Gasteiger partial charge on any atom is -0.465 e. The Morgan fingerprint density at radius 3 is 0.570 bits per heavy atom. The number of hydrogen-bond acceptors (Lipinski definition) is 11. The van der Waals surface area contributed by atoms with E-state index in [0.29, 0.717) is 26.4 Å². The van der Waals surface area contributed by atoms with Gasteiger partial charge in [-0.25, -0.2) is 0 Å². The van der Waals surface area contributed by atoms with Crippen LogP contribution in [0, 0.1) is 23.7 Å². The molecule has 594 valence electrons. The summed E-state index contributed by atoms with van der Waals surface area (Å²) >= 11 is 0. The first-order valence-corrected chi connectivity index (χ1v) is 44.8. The van der Waals surface area contributed by atoms with Crippen molar-refractivity contribution >= 4 is 23.9 Å². The van der Waals surface area contributed by atoms with Gasteiger partial charge >= 0.3 is 23.9 Å². The predicted molar refractivity (Wildman–Crippen MR) is 431 cm³/mol. The van der Waals surface area contributed by atoms with Crippen LogP contribution in [0.3, 0.4) is 0 Å². The van der Waals surface area contributed by atoms with Crippen molar-refractivity contribution in [1.29, 1.82) is 0 Å². The molecule has 0 radical (unpaired) electrons. The fourth-order valence-electron chi connectivity index (χ4n) is 14.4. The van der Waals surface area contributed by atoms with Crippen LogP contribution in [0.15, 0.2) is 0 Å². The lowest BCUT2D eigenvalue weighted by molar-refractivity contribution is -0.150. The second-order valence-corrected chi connectivity index (χ2v) is 31.3. The Kier molecular flexibility index (Phi) is 76.1. The maximum atomic E-state index is 13.0. The zero-order valence-corrected chi connectivity index (χ0v) is 68.8. The largest absolute Gasteiger partial charge is 0.465 e. The highest BCUT2D eigenvalue weighted by atomic mass is 16.5. The highest BCUT2D eigenvalue weighted by Gasteiger charge is 2.23. The summed E-state index contributed by atoms with van der Waals surface area (Å²) in [6.45, 7) is 29.4. The highest BCUT2D eigenvalue weighted by Crippen LogP contribution is 2.25. The molecule has 4 atom stereocenters. The highest BCUT2D eigenvalue weighted by molar-refractivity contribution is 5.73. The number of carbonyl (C=O) groups is 4. The summed E-state index contributed by atoms with van der Waals surface area (Å²) in [5.74, 6) is 0.589. The van der Waals surface area contributed by atoms with Crippen molar-refractivity contribution in [3.8, 4) is 0 Å². The number of ether oxygens (including phenoxy) is 4. The molecule has 0 aromatic carbocycles. The van der Waals surface area contributed by atoms with Gasteiger partial charge in [0.25, 0.3) is 0 Å². The summed E-state index contributed by atoms with van der Waals surface area (Å²) in [7, 11) is 2.36. The van der Waals surface area contributed by atoms with Gasteiger partial charge in [0.1, 0.15) is 0 Å². The Morgan fingerprint density at radius 2 is 0.370 bits per heavy atom. The first kappa shape index (κ1) is 97.8. The summed E-state index contributed by atoms with van der Waals surface area (Å²) in [5, 5.41) is 0. The van der Waals surface area contributed by atoms with Gasteiger partial charge in [-0.2, -0.15) is 0 Å². The van der Waals surface area contributed by atoms with Crippen LogP contribution >= 0.6 is 0 Å². The Bertz CT molecular complexity index is 1490. The van der Waals surface area contributed by atoms with E-state index in [4.69, 9.17) is 18.9 Å². The van der Waals surface area contributed by atoms with Crippen molar-refractivity contribution in [2.24, 2.45) is 23.7 Å². The quantitative estimate of drug-likeness (QED) is 0.0329.